The lowest BCUT2D eigenvalue weighted by Gasteiger charge is -2.02. The Bertz CT molecular complexity index is 310. The molecule has 0 bridgehead atoms. The van der Waals surface area contributed by atoms with Crippen molar-refractivity contribution in [2.75, 3.05) is 11.5 Å². The summed E-state index contributed by atoms with van der Waals surface area (Å²) < 4.78 is 0. The summed E-state index contributed by atoms with van der Waals surface area (Å²) in [5.74, 6) is -0.224. The lowest BCUT2D eigenvalue weighted by molar-refractivity contribution is 1.13. The third-order valence-electron chi connectivity index (χ3n) is 1.25. The van der Waals surface area contributed by atoms with Crippen LogP contribution in [-0.2, 0) is 0 Å². The van der Waals surface area contributed by atoms with E-state index in [2.05, 4.69) is 15.1 Å². The molecule has 0 saturated carbocycles. The Morgan fingerprint density at radius 1 is 1.33 bits per heavy atom. The topological polar surface area (TPSA) is 138 Å². The van der Waals surface area contributed by atoms with Crippen LogP contribution in [0.5, 0.6) is 0 Å². The van der Waals surface area contributed by atoms with Gasteiger partial charge in [0, 0.05) is 0 Å². The van der Waals surface area contributed by atoms with E-state index in [9.17, 15) is 0 Å². The van der Waals surface area contributed by atoms with Gasteiger partial charge in [0.25, 0.3) is 0 Å². The first-order valence-corrected chi connectivity index (χ1v) is 2.99. The van der Waals surface area contributed by atoms with Gasteiger partial charge in [-0.2, -0.15) is 0 Å². The quantitative estimate of drug-likeness (QED) is 0.264. The smallest absolute Gasteiger partial charge is 0.181 e. The highest BCUT2D eigenvalue weighted by atomic mass is 15.0. The number of hydrogen-bond acceptors (Lipinski definition) is 6. The van der Waals surface area contributed by atoms with Crippen LogP contribution < -0.4 is 11.5 Å². The first kappa shape index (κ1) is 8.05. The average Bonchev–Trinajstić information content (AvgIpc) is 2.03. The SMILES string of the molecule is N=NC(=N)c1c(N)ncnc1N. The fraction of sp³-hybridized carbons (Fsp3) is 0. The maximum Gasteiger partial charge on any atom is 0.181 e. The number of nitrogens with two attached hydrogens (primary N) is 2. The number of nitrogen functional groups attached to an aromatic ring is 2. The monoisotopic (exact) mass is 165 g/mol. The zero-order chi connectivity index (χ0) is 9.14. The van der Waals surface area contributed by atoms with Crippen LogP contribution in [-0.4, -0.2) is 15.8 Å². The summed E-state index contributed by atoms with van der Waals surface area (Å²) in [6.45, 7) is 0. The lowest BCUT2D eigenvalue weighted by Crippen LogP contribution is -2.08. The van der Waals surface area contributed by atoms with Crippen LogP contribution in [0.1, 0.15) is 5.56 Å². The van der Waals surface area contributed by atoms with Gasteiger partial charge >= 0.3 is 0 Å². The van der Waals surface area contributed by atoms with Crippen LogP contribution in [0.25, 0.3) is 0 Å². The molecule has 0 unspecified atom stereocenters. The summed E-state index contributed by atoms with van der Waals surface area (Å²) in [7, 11) is 0. The van der Waals surface area contributed by atoms with E-state index in [0.717, 1.165) is 0 Å². The van der Waals surface area contributed by atoms with E-state index in [1.807, 2.05) is 0 Å². The molecule has 0 radical (unpaired) electrons. The molecule has 12 heavy (non-hydrogen) atoms. The summed E-state index contributed by atoms with van der Waals surface area (Å²) in [4.78, 5) is 7.22. The standard InChI is InChI=1S/C5H7N7/c6-3-2(5(8)12-9)4(7)11-1-10-3/h1,8-9H,(H4,6,7,10,11). The Labute approximate surface area is 67.8 Å². The van der Waals surface area contributed by atoms with Gasteiger partial charge in [0.2, 0.25) is 0 Å². The molecule has 0 saturated heterocycles. The molecule has 1 aromatic rings. The summed E-state index contributed by atoms with van der Waals surface area (Å²) in [6.07, 6.45) is 1.19. The van der Waals surface area contributed by atoms with Gasteiger partial charge in [-0.05, 0) is 0 Å². The average molecular weight is 165 g/mol. The molecular formula is C5H7N7. The Kier molecular flexibility index (Phi) is 1.95. The predicted octanol–water partition coefficient (Wildman–Crippen LogP) is -0.00266. The van der Waals surface area contributed by atoms with Gasteiger partial charge in [0.15, 0.2) is 5.84 Å². The van der Waals surface area contributed by atoms with Gasteiger partial charge in [-0.15, -0.1) is 5.11 Å². The maximum atomic E-state index is 7.17. The van der Waals surface area contributed by atoms with E-state index < -0.39 is 0 Å². The molecule has 0 aliphatic rings. The third-order valence-corrected chi connectivity index (χ3v) is 1.25. The highest BCUT2D eigenvalue weighted by Crippen LogP contribution is 2.14. The van der Waals surface area contributed by atoms with Crippen LogP contribution in [0.3, 0.4) is 0 Å². The van der Waals surface area contributed by atoms with Crippen LogP contribution in [0, 0.1) is 10.9 Å². The van der Waals surface area contributed by atoms with Crippen LogP contribution in [0.4, 0.5) is 11.6 Å². The third kappa shape index (κ3) is 1.19. The molecule has 0 spiro atoms. The number of rotatable bonds is 1. The Hall–Kier alpha value is -2.05. The van der Waals surface area contributed by atoms with Crippen molar-refractivity contribution in [2.45, 2.75) is 0 Å². The maximum absolute atomic E-state index is 7.17. The van der Waals surface area contributed by atoms with Crippen molar-refractivity contribution in [1.29, 1.82) is 10.9 Å². The first-order chi connectivity index (χ1) is 5.66. The van der Waals surface area contributed by atoms with E-state index in [1.165, 1.54) is 6.33 Å². The van der Waals surface area contributed by atoms with Crippen molar-refractivity contribution < 1.29 is 0 Å². The number of amidine groups is 1. The van der Waals surface area contributed by atoms with Gasteiger partial charge in [0.05, 0.1) is 0 Å². The van der Waals surface area contributed by atoms with Crippen LogP contribution in [0.2, 0.25) is 0 Å². The molecular weight excluding hydrogens is 158 g/mol. The minimum absolute atomic E-state index is 0.0588. The fourth-order valence-corrected chi connectivity index (χ4v) is 0.712. The van der Waals surface area contributed by atoms with Crippen molar-refractivity contribution in [3.05, 3.63) is 11.9 Å². The van der Waals surface area contributed by atoms with Gasteiger partial charge in [0.1, 0.15) is 23.5 Å². The van der Waals surface area contributed by atoms with Crippen molar-refractivity contribution in [1.82, 2.24) is 9.97 Å². The molecule has 62 valence electrons. The second kappa shape index (κ2) is 2.91. The van der Waals surface area contributed by atoms with E-state index in [0.29, 0.717) is 0 Å². The highest BCUT2D eigenvalue weighted by Gasteiger charge is 2.10. The molecule has 0 aliphatic carbocycles. The molecule has 0 aromatic carbocycles. The fourth-order valence-electron chi connectivity index (χ4n) is 0.712. The van der Waals surface area contributed by atoms with Crippen molar-refractivity contribution in [3.8, 4) is 0 Å². The molecule has 6 N–H and O–H groups in total. The second-order valence-corrected chi connectivity index (χ2v) is 1.98. The largest absolute Gasteiger partial charge is 0.383 e. The van der Waals surface area contributed by atoms with Gasteiger partial charge in [-0.1, -0.05) is 0 Å². The molecule has 0 atom stereocenters. The molecule has 1 rings (SSSR count). The van der Waals surface area contributed by atoms with Crippen LogP contribution >= 0.6 is 0 Å². The van der Waals surface area contributed by atoms with E-state index in [1.54, 1.807) is 0 Å². The molecule has 1 heterocycles. The molecule has 7 heteroatoms. The zero-order valence-electron chi connectivity index (χ0n) is 6.07. The molecule has 0 fully saturated rings. The highest BCUT2D eigenvalue weighted by molar-refractivity contribution is 6.04. The molecule has 1 aromatic heterocycles. The zero-order valence-corrected chi connectivity index (χ0v) is 6.07. The van der Waals surface area contributed by atoms with Gasteiger partial charge in [-0.3, -0.25) is 5.41 Å². The van der Waals surface area contributed by atoms with Crippen LogP contribution in [0.15, 0.2) is 11.4 Å². The van der Waals surface area contributed by atoms with E-state index in [-0.39, 0.29) is 23.0 Å². The molecule has 0 aliphatic heterocycles. The normalized spacial score (nSPS) is 9.33. The number of hydrogen-bond donors (Lipinski definition) is 4. The Balaban J connectivity index is 3.30. The summed E-state index contributed by atoms with van der Waals surface area (Å²) >= 11 is 0. The van der Waals surface area contributed by atoms with Gasteiger partial charge < -0.3 is 11.5 Å². The first-order valence-electron chi connectivity index (χ1n) is 2.99. The number of aromatic nitrogens is 2. The summed E-state index contributed by atoms with van der Waals surface area (Å²) in [5, 5.41) is 10.0. The minimum Gasteiger partial charge on any atom is -0.383 e. The summed E-state index contributed by atoms with van der Waals surface area (Å²) in [6, 6.07) is 0. The number of anilines is 2. The summed E-state index contributed by atoms with van der Waals surface area (Å²) in [5.41, 5.74) is 17.4. The molecule has 7 nitrogen and oxygen atoms in total. The number of nitrogens with one attached hydrogen (secondary N) is 2. The Morgan fingerprint density at radius 3 is 2.25 bits per heavy atom. The predicted molar refractivity (Wildman–Crippen MR) is 42.8 cm³/mol. The van der Waals surface area contributed by atoms with E-state index >= 15 is 0 Å². The van der Waals surface area contributed by atoms with Crippen molar-refractivity contribution in [2.24, 2.45) is 5.11 Å². The number of nitrogens with zero attached hydrogens (tertiary/aromatic N) is 3. The second-order valence-electron chi connectivity index (χ2n) is 1.98. The van der Waals surface area contributed by atoms with Crippen molar-refractivity contribution in [3.63, 3.8) is 0 Å². The minimum atomic E-state index is -0.342. The molecule has 0 amide bonds. The van der Waals surface area contributed by atoms with Crippen molar-refractivity contribution >= 4 is 17.5 Å². The van der Waals surface area contributed by atoms with Gasteiger partial charge in [-0.25, -0.2) is 15.5 Å². The lowest BCUT2D eigenvalue weighted by atomic mass is 10.2. The van der Waals surface area contributed by atoms with E-state index in [4.69, 9.17) is 22.4 Å². The Morgan fingerprint density at radius 2 is 1.83 bits per heavy atom.